The van der Waals surface area contributed by atoms with Crippen LogP contribution in [0.3, 0.4) is 0 Å². The summed E-state index contributed by atoms with van der Waals surface area (Å²) >= 11 is 0. The van der Waals surface area contributed by atoms with E-state index in [-0.39, 0.29) is 18.1 Å². The third kappa shape index (κ3) is 2.83. The maximum Gasteiger partial charge on any atom is 0.371 e. The Morgan fingerprint density at radius 3 is 2.50 bits per heavy atom. The predicted molar refractivity (Wildman–Crippen MR) is 54.3 cm³/mol. The van der Waals surface area contributed by atoms with Gasteiger partial charge in [0.25, 0.3) is 5.91 Å². The lowest BCUT2D eigenvalue weighted by atomic mass is 10.3. The molecule has 0 aliphatic rings. The second-order valence-electron chi connectivity index (χ2n) is 3.27. The highest BCUT2D eigenvalue weighted by molar-refractivity contribution is 5.93. The Morgan fingerprint density at radius 1 is 1.38 bits per heavy atom. The third-order valence-corrected chi connectivity index (χ3v) is 2.03. The van der Waals surface area contributed by atoms with Gasteiger partial charge in [0, 0.05) is 20.2 Å². The summed E-state index contributed by atoms with van der Waals surface area (Å²) in [6.07, 6.45) is 0.467. The van der Waals surface area contributed by atoms with Crippen LogP contribution >= 0.6 is 0 Å². The molecule has 1 aromatic rings. The quantitative estimate of drug-likeness (QED) is 0.761. The Labute approximate surface area is 92.1 Å². The second-order valence-corrected chi connectivity index (χ2v) is 3.27. The minimum absolute atomic E-state index is 0.00382. The zero-order valence-electron chi connectivity index (χ0n) is 8.84. The van der Waals surface area contributed by atoms with E-state index in [1.165, 1.54) is 17.0 Å². The summed E-state index contributed by atoms with van der Waals surface area (Å²) in [4.78, 5) is 23.5. The van der Waals surface area contributed by atoms with E-state index in [9.17, 15) is 9.59 Å². The standard InChI is InChI=1S/C10H13NO5/c1-11(5-2-6-12)9(13)7-3-4-8(16-7)10(14)15/h3-4,12H,2,5-6H2,1H3,(H,14,15). The summed E-state index contributed by atoms with van der Waals surface area (Å²) in [5, 5.41) is 17.2. The minimum atomic E-state index is -1.21. The number of aliphatic hydroxyl groups is 1. The van der Waals surface area contributed by atoms with Gasteiger partial charge in [0.15, 0.2) is 5.76 Å². The fourth-order valence-corrected chi connectivity index (χ4v) is 1.17. The number of aromatic carboxylic acids is 1. The highest BCUT2D eigenvalue weighted by atomic mass is 16.4. The van der Waals surface area contributed by atoms with E-state index in [1.807, 2.05) is 0 Å². The smallest absolute Gasteiger partial charge is 0.371 e. The lowest BCUT2D eigenvalue weighted by molar-refractivity contribution is 0.0653. The van der Waals surface area contributed by atoms with Crippen molar-refractivity contribution in [2.75, 3.05) is 20.2 Å². The van der Waals surface area contributed by atoms with Gasteiger partial charge in [-0.1, -0.05) is 0 Å². The Hall–Kier alpha value is -1.82. The van der Waals surface area contributed by atoms with E-state index in [0.717, 1.165) is 0 Å². The fraction of sp³-hybridized carbons (Fsp3) is 0.400. The normalized spacial score (nSPS) is 10.1. The molecule has 6 nitrogen and oxygen atoms in total. The molecule has 0 bridgehead atoms. The molecule has 0 saturated carbocycles. The molecule has 1 aromatic heterocycles. The molecule has 1 heterocycles. The first kappa shape index (κ1) is 12.3. The first-order valence-corrected chi connectivity index (χ1v) is 4.75. The number of carbonyl (C=O) groups excluding carboxylic acids is 1. The summed E-state index contributed by atoms with van der Waals surface area (Å²) < 4.78 is 4.85. The molecule has 1 amide bonds. The Balaban J connectivity index is 2.68. The van der Waals surface area contributed by atoms with Gasteiger partial charge < -0.3 is 19.5 Å². The molecule has 0 atom stereocenters. The largest absolute Gasteiger partial charge is 0.475 e. The van der Waals surface area contributed by atoms with Gasteiger partial charge in [-0.3, -0.25) is 4.79 Å². The Bertz CT molecular complexity index is 384. The van der Waals surface area contributed by atoms with E-state index in [0.29, 0.717) is 13.0 Å². The van der Waals surface area contributed by atoms with Gasteiger partial charge >= 0.3 is 5.97 Å². The number of rotatable bonds is 5. The van der Waals surface area contributed by atoms with Gasteiger partial charge in [0.05, 0.1) is 0 Å². The van der Waals surface area contributed by atoms with Crippen LogP contribution in [-0.2, 0) is 0 Å². The summed E-state index contributed by atoms with van der Waals surface area (Å²) in [6, 6.07) is 2.55. The number of carboxylic acid groups (broad SMARTS) is 1. The van der Waals surface area contributed by atoms with Crippen LogP contribution < -0.4 is 0 Å². The van der Waals surface area contributed by atoms with Crippen LogP contribution in [0.15, 0.2) is 16.5 Å². The van der Waals surface area contributed by atoms with Gasteiger partial charge in [0.2, 0.25) is 5.76 Å². The molecule has 0 saturated heterocycles. The van der Waals surface area contributed by atoms with Gasteiger partial charge in [-0.2, -0.15) is 0 Å². The molecule has 0 spiro atoms. The van der Waals surface area contributed by atoms with E-state index >= 15 is 0 Å². The molecule has 0 unspecified atom stereocenters. The van der Waals surface area contributed by atoms with Gasteiger partial charge in [-0.05, 0) is 18.6 Å². The van der Waals surface area contributed by atoms with Crippen LogP contribution in [0.2, 0.25) is 0 Å². The maximum absolute atomic E-state index is 11.6. The van der Waals surface area contributed by atoms with Crippen molar-refractivity contribution >= 4 is 11.9 Å². The molecule has 2 N–H and O–H groups in total. The molecule has 16 heavy (non-hydrogen) atoms. The fourth-order valence-electron chi connectivity index (χ4n) is 1.17. The highest BCUT2D eigenvalue weighted by Crippen LogP contribution is 2.10. The SMILES string of the molecule is CN(CCCO)C(=O)c1ccc(C(=O)O)o1. The van der Waals surface area contributed by atoms with Crippen LogP contribution in [-0.4, -0.2) is 47.2 Å². The average molecular weight is 227 g/mol. The molecular weight excluding hydrogens is 214 g/mol. The monoisotopic (exact) mass is 227 g/mol. The lowest BCUT2D eigenvalue weighted by Gasteiger charge is -2.14. The van der Waals surface area contributed by atoms with Crippen molar-refractivity contribution in [2.45, 2.75) is 6.42 Å². The first-order valence-electron chi connectivity index (χ1n) is 4.75. The first-order chi connectivity index (χ1) is 7.56. The average Bonchev–Trinajstić information content (AvgIpc) is 2.74. The van der Waals surface area contributed by atoms with E-state index in [1.54, 1.807) is 7.05 Å². The summed E-state index contributed by atoms with van der Waals surface area (Å²) in [5.41, 5.74) is 0. The van der Waals surface area contributed by atoms with Gasteiger partial charge in [-0.25, -0.2) is 4.79 Å². The van der Waals surface area contributed by atoms with E-state index < -0.39 is 11.9 Å². The molecule has 1 rings (SSSR count). The molecule has 0 radical (unpaired) electrons. The predicted octanol–water partition coefficient (Wildman–Crippen LogP) is 0.432. The van der Waals surface area contributed by atoms with Crippen molar-refractivity contribution in [1.29, 1.82) is 0 Å². The number of nitrogens with zero attached hydrogens (tertiary/aromatic N) is 1. The molecule has 88 valence electrons. The molecule has 0 aromatic carbocycles. The van der Waals surface area contributed by atoms with E-state index in [2.05, 4.69) is 0 Å². The number of furan rings is 1. The van der Waals surface area contributed by atoms with Gasteiger partial charge in [0.1, 0.15) is 0 Å². The summed E-state index contributed by atoms with van der Waals surface area (Å²) in [5.74, 6) is -1.89. The lowest BCUT2D eigenvalue weighted by Crippen LogP contribution is -2.27. The summed E-state index contributed by atoms with van der Waals surface area (Å²) in [6.45, 7) is 0.384. The summed E-state index contributed by atoms with van der Waals surface area (Å²) in [7, 11) is 1.56. The van der Waals surface area contributed by atoms with Gasteiger partial charge in [-0.15, -0.1) is 0 Å². The molecule has 0 aliphatic heterocycles. The van der Waals surface area contributed by atoms with E-state index in [4.69, 9.17) is 14.6 Å². The minimum Gasteiger partial charge on any atom is -0.475 e. The number of hydrogen-bond acceptors (Lipinski definition) is 4. The number of amides is 1. The zero-order chi connectivity index (χ0) is 12.1. The Kier molecular flexibility index (Phi) is 4.07. The number of carbonyl (C=O) groups is 2. The van der Waals surface area contributed by atoms with Crippen LogP contribution in [0.4, 0.5) is 0 Å². The topological polar surface area (TPSA) is 91.0 Å². The molecular formula is C10H13NO5. The van der Waals surface area contributed by atoms with Crippen LogP contribution in [0.5, 0.6) is 0 Å². The van der Waals surface area contributed by atoms with Crippen molar-refractivity contribution in [3.63, 3.8) is 0 Å². The third-order valence-electron chi connectivity index (χ3n) is 2.03. The van der Waals surface area contributed by atoms with Crippen molar-refractivity contribution < 1.29 is 24.2 Å². The highest BCUT2D eigenvalue weighted by Gasteiger charge is 2.17. The molecule has 6 heteroatoms. The zero-order valence-corrected chi connectivity index (χ0v) is 8.84. The van der Waals surface area contributed by atoms with Crippen LogP contribution in [0.1, 0.15) is 27.5 Å². The van der Waals surface area contributed by atoms with Crippen LogP contribution in [0.25, 0.3) is 0 Å². The van der Waals surface area contributed by atoms with Crippen LogP contribution in [0, 0.1) is 0 Å². The number of hydrogen-bond donors (Lipinski definition) is 2. The Morgan fingerprint density at radius 2 is 2.00 bits per heavy atom. The molecule has 0 aliphatic carbocycles. The number of carboxylic acids is 1. The number of aliphatic hydroxyl groups excluding tert-OH is 1. The van der Waals surface area contributed by atoms with Crippen molar-refractivity contribution in [1.82, 2.24) is 4.90 Å². The maximum atomic E-state index is 11.6. The van der Waals surface area contributed by atoms with Crippen molar-refractivity contribution in [3.8, 4) is 0 Å². The second kappa shape index (κ2) is 5.32. The molecule has 0 fully saturated rings. The van der Waals surface area contributed by atoms with Crippen molar-refractivity contribution in [2.24, 2.45) is 0 Å². The van der Waals surface area contributed by atoms with Crippen molar-refractivity contribution in [3.05, 3.63) is 23.7 Å².